The molecule has 0 radical (unpaired) electrons. The van der Waals surface area contributed by atoms with Gasteiger partial charge in [-0.3, -0.25) is 38.4 Å². The fourth-order valence-electron chi connectivity index (χ4n) is 5.97. The summed E-state index contributed by atoms with van der Waals surface area (Å²) in [4.78, 5) is 130. The van der Waals surface area contributed by atoms with Gasteiger partial charge in [0.1, 0.15) is 48.4 Å². The molecule has 21 nitrogen and oxygen atoms in total. The number of nitrogens with one attached hydrogen (secondary N) is 6. The summed E-state index contributed by atoms with van der Waals surface area (Å²) in [5.74, 6) is -8.57. The van der Waals surface area contributed by atoms with Crippen molar-refractivity contribution in [2.24, 2.45) is 23.3 Å². The molecule has 1 aliphatic rings. The van der Waals surface area contributed by atoms with E-state index in [4.69, 9.17) is 16.2 Å². The lowest BCUT2D eigenvalue weighted by molar-refractivity contribution is -0.144. The Bertz CT molecular complexity index is 1540. The maximum atomic E-state index is 13.9. The largest absolute Gasteiger partial charge is 0.480 e. The van der Waals surface area contributed by atoms with Gasteiger partial charge in [-0.2, -0.15) is 11.8 Å². The number of hydrogen-bond acceptors (Lipinski definition) is 12. The van der Waals surface area contributed by atoms with Crippen LogP contribution in [0.25, 0.3) is 0 Å². The van der Waals surface area contributed by atoms with E-state index in [1.807, 2.05) is 13.8 Å². The number of nitrogens with two attached hydrogens (primary N) is 2. The number of aliphatic carboxylic acids is 1. The molecule has 59 heavy (non-hydrogen) atoms. The minimum Gasteiger partial charge on any atom is -0.480 e. The first-order valence-electron chi connectivity index (χ1n) is 19.5. The van der Waals surface area contributed by atoms with Crippen molar-refractivity contribution < 1.29 is 57.8 Å². The molecule has 1 fully saturated rings. The summed E-state index contributed by atoms with van der Waals surface area (Å²) in [6.45, 7) is 11.7. The number of rotatable bonds is 24. The number of carboxylic acid groups (broad SMARTS) is 1. The van der Waals surface area contributed by atoms with E-state index in [1.165, 1.54) is 4.90 Å². The van der Waals surface area contributed by atoms with Gasteiger partial charge in [-0.1, -0.05) is 34.1 Å². The number of thioether (sulfide) groups is 1. The normalized spacial score (nSPS) is 16.9. The molecule has 22 heteroatoms. The number of likely N-dealkylation sites (tertiary alicyclic amines) is 1. The molecule has 0 aromatic carbocycles. The van der Waals surface area contributed by atoms with Crippen molar-refractivity contribution >= 4 is 71.1 Å². The van der Waals surface area contributed by atoms with E-state index in [9.17, 15) is 53.1 Å². The highest BCUT2D eigenvalue weighted by atomic mass is 32.2. The van der Waals surface area contributed by atoms with Crippen LogP contribution in [0.3, 0.4) is 0 Å². The van der Waals surface area contributed by atoms with Gasteiger partial charge in [-0.25, -0.2) is 9.59 Å². The van der Waals surface area contributed by atoms with Crippen LogP contribution in [0.1, 0.15) is 93.4 Å². The van der Waals surface area contributed by atoms with Crippen molar-refractivity contribution in [1.82, 2.24) is 36.8 Å². The number of carboxylic acids is 1. The van der Waals surface area contributed by atoms with E-state index in [0.29, 0.717) is 12.8 Å². The molecule has 0 aromatic rings. The van der Waals surface area contributed by atoms with Crippen LogP contribution in [0, 0.1) is 11.8 Å². The Hall–Kier alpha value is -5.15. The monoisotopic (exact) mass is 857 g/mol. The first-order chi connectivity index (χ1) is 27.4. The zero-order valence-corrected chi connectivity index (χ0v) is 36.0. The average Bonchev–Trinajstić information content (AvgIpc) is 3.62. The third-order valence-electron chi connectivity index (χ3n) is 9.06. The predicted molar refractivity (Wildman–Crippen MR) is 216 cm³/mol. The van der Waals surface area contributed by atoms with Crippen molar-refractivity contribution in [3.63, 3.8) is 0 Å². The molecule has 0 aromatic heterocycles. The molecular formula is C37H63N9O12S. The van der Waals surface area contributed by atoms with Crippen molar-refractivity contribution in [1.29, 1.82) is 0 Å². The minimum atomic E-state index is -1.68. The van der Waals surface area contributed by atoms with E-state index < -0.39 is 120 Å². The highest BCUT2D eigenvalue weighted by Gasteiger charge is 2.40. The molecule has 1 rings (SSSR count). The number of carbonyl (C=O) groups excluding carboxylic acids is 9. The summed E-state index contributed by atoms with van der Waals surface area (Å²) in [6.07, 6.45) is 0.623. The second-order valence-corrected chi connectivity index (χ2v) is 16.7. The van der Waals surface area contributed by atoms with Gasteiger partial charge < -0.3 is 58.1 Å². The summed E-state index contributed by atoms with van der Waals surface area (Å²) < 4.78 is 5.14. The molecule has 11 N–H and O–H groups in total. The zero-order valence-electron chi connectivity index (χ0n) is 35.1. The van der Waals surface area contributed by atoms with Crippen molar-refractivity contribution in [2.45, 2.75) is 135 Å². The van der Waals surface area contributed by atoms with Gasteiger partial charge in [-0.15, -0.1) is 0 Å². The molecular weight excluding hydrogens is 795 g/mol. The average molecular weight is 858 g/mol. The molecule has 7 atom stereocenters. The third-order valence-corrected chi connectivity index (χ3v) is 9.73. The molecule has 9 amide bonds. The Morgan fingerprint density at radius 3 is 1.95 bits per heavy atom. The molecule has 334 valence electrons. The van der Waals surface area contributed by atoms with Crippen LogP contribution in [0.5, 0.6) is 0 Å². The SMILES string of the molecule is CC[C@@H](C)[C@H](NC(=O)[C@H](CCC(N)=O)NC(=O)[C@H](CC(N)=O)NC(=O)[C@H](CSC)NC(=O)[C@@H]1CCCN1C(=O)[C@H](CC(C)C)NC(=O)CNC(=O)OC(C)(C)C)C(=O)O. The van der Waals surface area contributed by atoms with Crippen molar-refractivity contribution in [3.8, 4) is 0 Å². The van der Waals surface area contributed by atoms with E-state index in [2.05, 4.69) is 31.9 Å². The van der Waals surface area contributed by atoms with Crippen LogP contribution in [-0.4, -0.2) is 136 Å². The number of alkyl carbamates (subject to hydrolysis) is 1. The van der Waals surface area contributed by atoms with E-state index in [1.54, 1.807) is 40.9 Å². The Kier molecular flexibility index (Phi) is 21.7. The van der Waals surface area contributed by atoms with E-state index in [0.717, 1.165) is 11.8 Å². The van der Waals surface area contributed by atoms with Crippen LogP contribution < -0.4 is 43.4 Å². The van der Waals surface area contributed by atoms with Gasteiger partial charge in [-0.05, 0) is 64.5 Å². The Morgan fingerprint density at radius 2 is 1.42 bits per heavy atom. The molecule has 0 spiro atoms. The van der Waals surface area contributed by atoms with E-state index >= 15 is 0 Å². The number of primary amides is 2. The number of ether oxygens (including phenoxy) is 1. The fraction of sp³-hybridized carbons (Fsp3) is 0.730. The molecule has 0 saturated carbocycles. The third kappa shape index (κ3) is 19.0. The van der Waals surface area contributed by atoms with Crippen molar-refractivity contribution in [3.05, 3.63) is 0 Å². The zero-order chi connectivity index (χ0) is 45.2. The maximum Gasteiger partial charge on any atom is 0.408 e. The minimum absolute atomic E-state index is 0.0182. The summed E-state index contributed by atoms with van der Waals surface area (Å²) in [5.41, 5.74) is 9.85. The molecule has 1 heterocycles. The summed E-state index contributed by atoms with van der Waals surface area (Å²) in [5, 5.41) is 24.3. The first-order valence-corrected chi connectivity index (χ1v) is 20.9. The maximum absolute atomic E-state index is 13.9. The van der Waals surface area contributed by atoms with E-state index in [-0.39, 0.29) is 43.9 Å². The van der Waals surface area contributed by atoms with Crippen LogP contribution in [-0.2, 0) is 47.9 Å². The lowest BCUT2D eigenvalue weighted by atomic mass is 9.98. The standard InChI is InChI=1S/C37H63N9O12S/c1-9-20(4)29(35(55)56)45-30(50)21(12-13-26(38)47)42-31(51)22(16-27(39)48)43-32(52)24(18-59-8)44-33(53)25-11-10-14-46(25)34(54)23(15-19(2)3)41-28(49)17-40-36(57)58-37(5,6)7/h19-25,29H,9-18H2,1-8H3,(H2,38,47)(H2,39,48)(H,40,57)(H,41,49)(H,42,51)(H,43,52)(H,44,53)(H,45,50)(H,55,56)/t20-,21+,22+,23+,24+,25+,29+/m1/s1. The molecule has 1 saturated heterocycles. The smallest absolute Gasteiger partial charge is 0.408 e. The van der Waals surface area contributed by atoms with Gasteiger partial charge in [0.05, 0.1) is 6.42 Å². The van der Waals surface area contributed by atoms with Gasteiger partial charge in [0.2, 0.25) is 47.3 Å². The Balaban J connectivity index is 3.20. The van der Waals surface area contributed by atoms with Gasteiger partial charge in [0, 0.05) is 18.7 Å². The predicted octanol–water partition coefficient (Wildman–Crippen LogP) is -1.39. The molecule has 0 bridgehead atoms. The second-order valence-electron chi connectivity index (χ2n) is 15.8. The lowest BCUT2D eigenvalue weighted by Gasteiger charge is -2.30. The summed E-state index contributed by atoms with van der Waals surface area (Å²) in [6, 6.07) is -7.91. The van der Waals surface area contributed by atoms with Gasteiger partial charge in [0.15, 0.2) is 0 Å². The molecule has 1 aliphatic heterocycles. The highest BCUT2D eigenvalue weighted by Crippen LogP contribution is 2.21. The number of nitrogens with zero attached hydrogens (tertiary/aromatic N) is 1. The lowest BCUT2D eigenvalue weighted by Crippen LogP contribution is -2.60. The van der Waals surface area contributed by atoms with Gasteiger partial charge >= 0.3 is 12.1 Å². The quantitative estimate of drug-likeness (QED) is 0.0541. The van der Waals surface area contributed by atoms with Gasteiger partial charge in [0.25, 0.3) is 0 Å². The highest BCUT2D eigenvalue weighted by molar-refractivity contribution is 7.98. The first kappa shape index (κ1) is 51.9. The number of amides is 9. The Labute approximate surface area is 348 Å². The van der Waals surface area contributed by atoms with Crippen LogP contribution in [0.4, 0.5) is 4.79 Å². The molecule has 0 aliphatic carbocycles. The molecule has 0 unspecified atom stereocenters. The van der Waals surface area contributed by atoms with Crippen LogP contribution in [0.15, 0.2) is 0 Å². The summed E-state index contributed by atoms with van der Waals surface area (Å²) >= 11 is 1.16. The van der Waals surface area contributed by atoms with Crippen LogP contribution in [0.2, 0.25) is 0 Å². The topological polar surface area (TPSA) is 328 Å². The van der Waals surface area contributed by atoms with Crippen LogP contribution >= 0.6 is 11.8 Å². The second kappa shape index (κ2) is 24.7. The summed E-state index contributed by atoms with van der Waals surface area (Å²) in [7, 11) is 0. The van der Waals surface area contributed by atoms with Crippen molar-refractivity contribution in [2.75, 3.05) is 25.1 Å². The number of hydrogen-bond donors (Lipinski definition) is 9. The fourth-order valence-corrected chi connectivity index (χ4v) is 6.54. The Morgan fingerprint density at radius 1 is 0.831 bits per heavy atom. The number of carbonyl (C=O) groups is 10.